The minimum atomic E-state index is -0.176. The number of methoxy groups -OCH3 is 1. The van der Waals surface area contributed by atoms with E-state index in [2.05, 4.69) is 24.1 Å². The Labute approximate surface area is 116 Å². The molecule has 0 bridgehead atoms. The van der Waals surface area contributed by atoms with Gasteiger partial charge < -0.3 is 15.8 Å². The fraction of sp³-hybridized carbons (Fsp3) is 0.929. The molecule has 1 aliphatic rings. The Balaban J connectivity index is 2.25. The molecule has 0 radical (unpaired) electrons. The van der Waals surface area contributed by atoms with Crippen LogP contribution in [0.15, 0.2) is 0 Å². The molecule has 19 heavy (non-hydrogen) atoms. The summed E-state index contributed by atoms with van der Waals surface area (Å²) in [5.74, 6) is 0.788. The van der Waals surface area contributed by atoms with E-state index in [0.29, 0.717) is 25.6 Å². The number of nitrogens with zero attached hydrogens (tertiary/aromatic N) is 1. The monoisotopic (exact) mass is 271 g/mol. The quantitative estimate of drug-likeness (QED) is 0.711. The number of piperidine rings is 1. The smallest absolute Gasteiger partial charge is 0.222 e. The number of nitrogens with one attached hydrogen (secondary N) is 1. The molecule has 3 atom stereocenters. The molecule has 1 aliphatic heterocycles. The Morgan fingerprint density at radius 3 is 2.89 bits per heavy atom. The SMILES string of the molecule is COC(CN)CC(=O)NCC(C)N1CCCC(C)C1. The van der Waals surface area contributed by atoms with E-state index in [9.17, 15) is 4.79 Å². The van der Waals surface area contributed by atoms with Crippen LogP contribution in [0.25, 0.3) is 0 Å². The summed E-state index contributed by atoms with van der Waals surface area (Å²) in [4.78, 5) is 14.2. The highest BCUT2D eigenvalue weighted by Crippen LogP contribution is 2.17. The van der Waals surface area contributed by atoms with Gasteiger partial charge in [0.2, 0.25) is 5.91 Å². The fourth-order valence-electron chi connectivity index (χ4n) is 2.56. The summed E-state index contributed by atoms with van der Waals surface area (Å²) in [6, 6.07) is 0.394. The van der Waals surface area contributed by atoms with Gasteiger partial charge >= 0.3 is 0 Å². The summed E-state index contributed by atoms with van der Waals surface area (Å²) in [7, 11) is 1.59. The molecule has 1 saturated heterocycles. The lowest BCUT2D eigenvalue weighted by atomic mass is 9.99. The Morgan fingerprint density at radius 1 is 1.58 bits per heavy atom. The number of carbonyl (C=O) groups is 1. The molecule has 0 aromatic heterocycles. The van der Waals surface area contributed by atoms with Gasteiger partial charge in [0.1, 0.15) is 0 Å². The van der Waals surface area contributed by atoms with Crippen LogP contribution in [0.2, 0.25) is 0 Å². The molecular formula is C14H29N3O2. The molecule has 1 rings (SSSR count). The number of likely N-dealkylation sites (tertiary alicyclic amines) is 1. The predicted molar refractivity (Wildman–Crippen MR) is 76.9 cm³/mol. The molecule has 0 aliphatic carbocycles. The van der Waals surface area contributed by atoms with Crippen LogP contribution in [0, 0.1) is 5.92 Å². The van der Waals surface area contributed by atoms with Gasteiger partial charge in [0.15, 0.2) is 0 Å². The minimum Gasteiger partial charge on any atom is -0.380 e. The third-order valence-corrected chi connectivity index (χ3v) is 3.92. The summed E-state index contributed by atoms with van der Waals surface area (Å²) in [5.41, 5.74) is 5.51. The van der Waals surface area contributed by atoms with Crippen molar-refractivity contribution in [1.82, 2.24) is 10.2 Å². The van der Waals surface area contributed by atoms with Crippen molar-refractivity contribution < 1.29 is 9.53 Å². The van der Waals surface area contributed by atoms with Crippen LogP contribution in [0.1, 0.15) is 33.1 Å². The number of nitrogens with two attached hydrogens (primary N) is 1. The molecule has 3 N–H and O–H groups in total. The standard InChI is InChI=1S/C14H29N3O2/c1-11-5-4-6-17(10-11)12(2)9-16-14(18)7-13(8-15)19-3/h11-13H,4-10,15H2,1-3H3,(H,16,18). The summed E-state index contributed by atoms with van der Waals surface area (Å²) in [6.07, 6.45) is 2.75. The summed E-state index contributed by atoms with van der Waals surface area (Å²) in [6.45, 7) is 7.83. The molecule has 5 nitrogen and oxygen atoms in total. The van der Waals surface area contributed by atoms with Gasteiger partial charge in [-0.25, -0.2) is 0 Å². The lowest BCUT2D eigenvalue weighted by molar-refractivity contribution is -0.123. The Morgan fingerprint density at radius 2 is 2.32 bits per heavy atom. The van der Waals surface area contributed by atoms with E-state index in [1.807, 2.05) is 0 Å². The maximum atomic E-state index is 11.8. The molecule has 112 valence electrons. The van der Waals surface area contributed by atoms with Crippen molar-refractivity contribution in [3.8, 4) is 0 Å². The number of rotatable bonds is 7. The molecular weight excluding hydrogens is 242 g/mol. The van der Waals surface area contributed by atoms with Gasteiger partial charge in [-0.05, 0) is 32.2 Å². The number of hydrogen-bond acceptors (Lipinski definition) is 4. The van der Waals surface area contributed by atoms with Crippen LogP contribution in [0.4, 0.5) is 0 Å². The lowest BCUT2D eigenvalue weighted by Gasteiger charge is -2.35. The average molecular weight is 271 g/mol. The predicted octanol–water partition coefficient (Wildman–Crippen LogP) is 0.587. The zero-order chi connectivity index (χ0) is 14.3. The third kappa shape index (κ3) is 5.89. The second kappa shape index (κ2) is 8.51. The van der Waals surface area contributed by atoms with Crippen molar-refractivity contribution in [2.75, 3.05) is 33.3 Å². The molecule has 3 unspecified atom stereocenters. The van der Waals surface area contributed by atoms with Crippen LogP contribution >= 0.6 is 0 Å². The van der Waals surface area contributed by atoms with E-state index >= 15 is 0 Å². The summed E-state index contributed by atoms with van der Waals surface area (Å²) < 4.78 is 5.11. The first-order chi connectivity index (χ1) is 9.06. The van der Waals surface area contributed by atoms with Gasteiger partial charge in [-0.15, -0.1) is 0 Å². The normalized spacial score (nSPS) is 23.9. The van der Waals surface area contributed by atoms with Gasteiger partial charge in [-0.3, -0.25) is 9.69 Å². The van der Waals surface area contributed by atoms with E-state index < -0.39 is 0 Å². The largest absolute Gasteiger partial charge is 0.380 e. The number of carbonyl (C=O) groups excluding carboxylic acids is 1. The van der Waals surface area contributed by atoms with Crippen molar-refractivity contribution in [2.24, 2.45) is 11.7 Å². The highest BCUT2D eigenvalue weighted by Gasteiger charge is 2.21. The molecule has 1 heterocycles. The zero-order valence-corrected chi connectivity index (χ0v) is 12.5. The van der Waals surface area contributed by atoms with E-state index in [0.717, 1.165) is 19.0 Å². The first kappa shape index (κ1) is 16.4. The molecule has 0 spiro atoms. The van der Waals surface area contributed by atoms with E-state index in [1.165, 1.54) is 12.8 Å². The zero-order valence-electron chi connectivity index (χ0n) is 12.5. The van der Waals surface area contributed by atoms with Crippen LogP contribution in [0.3, 0.4) is 0 Å². The summed E-state index contributed by atoms with van der Waals surface area (Å²) in [5, 5.41) is 2.98. The Hall–Kier alpha value is -0.650. The highest BCUT2D eigenvalue weighted by atomic mass is 16.5. The molecule has 0 aromatic carbocycles. The fourth-order valence-corrected chi connectivity index (χ4v) is 2.56. The van der Waals surface area contributed by atoms with E-state index in [4.69, 9.17) is 10.5 Å². The number of amides is 1. The second-order valence-corrected chi connectivity index (χ2v) is 5.69. The van der Waals surface area contributed by atoms with Crippen LogP contribution < -0.4 is 11.1 Å². The van der Waals surface area contributed by atoms with E-state index in [-0.39, 0.29) is 12.0 Å². The maximum Gasteiger partial charge on any atom is 0.222 e. The molecule has 1 fully saturated rings. The van der Waals surface area contributed by atoms with Crippen molar-refractivity contribution in [3.63, 3.8) is 0 Å². The van der Waals surface area contributed by atoms with Gasteiger partial charge in [-0.1, -0.05) is 6.92 Å². The topological polar surface area (TPSA) is 67.6 Å². The second-order valence-electron chi connectivity index (χ2n) is 5.69. The average Bonchev–Trinajstić information content (AvgIpc) is 2.42. The van der Waals surface area contributed by atoms with Crippen LogP contribution in [0.5, 0.6) is 0 Å². The van der Waals surface area contributed by atoms with E-state index in [1.54, 1.807) is 7.11 Å². The van der Waals surface area contributed by atoms with Gasteiger partial charge in [-0.2, -0.15) is 0 Å². The lowest BCUT2D eigenvalue weighted by Crippen LogP contribution is -2.46. The van der Waals surface area contributed by atoms with Crippen molar-refractivity contribution in [2.45, 2.75) is 45.3 Å². The van der Waals surface area contributed by atoms with Crippen LogP contribution in [-0.2, 0) is 9.53 Å². The van der Waals surface area contributed by atoms with Crippen molar-refractivity contribution in [3.05, 3.63) is 0 Å². The Kier molecular flexibility index (Phi) is 7.34. The maximum absolute atomic E-state index is 11.8. The minimum absolute atomic E-state index is 0.0224. The summed E-state index contributed by atoms with van der Waals surface area (Å²) >= 11 is 0. The first-order valence-electron chi connectivity index (χ1n) is 7.30. The Bertz CT molecular complexity index is 269. The van der Waals surface area contributed by atoms with Gasteiger partial charge in [0, 0.05) is 32.8 Å². The van der Waals surface area contributed by atoms with Crippen LogP contribution in [-0.4, -0.2) is 56.2 Å². The van der Waals surface area contributed by atoms with Gasteiger partial charge in [0.05, 0.1) is 12.5 Å². The van der Waals surface area contributed by atoms with Crippen molar-refractivity contribution >= 4 is 5.91 Å². The molecule has 5 heteroatoms. The number of hydrogen-bond donors (Lipinski definition) is 2. The first-order valence-corrected chi connectivity index (χ1v) is 7.30. The van der Waals surface area contributed by atoms with Crippen molar-refractivity contribution in [1.29, 1.82) is 0 Å². The molecule has 0 aromatic rings. The van der Waals surface area contributed by atoms with Gasteiger partial charge in [0.25, 0.3) is 0 Å². The highest BCUT2D eigenvalue weighted by molar-refractivity contribution is 5.76. The molecule has 0 saturated carbocycles. The molecule has 1 amide bonds. The number of ether oxygens (including phenoxy) is 1. The third-order valence-electron chi connectivity index (χ3n) is 3.92.